The Morgan fingerprint density at radius 3 is 2.44 bits per heavy atom. The van der Waals surface area contributed by atoms with Crippen molar-refractivity contribution < 1.29 is 22.7 Å². The number of methoxy groups -OCH3 is 2. The van der Waals surface area contributed by atoms with Crippen molar-refractivity contribution in [1.82, 2.24) is 4.98 Å². The molecule has 1 N–H and O–H groups in total. The van der Waals surface area contributed by atoms with Crippen LogP contribution in [0.4, 0.5) is 16.5 Å². The molecule has 1 aromatic heterocycles. The lowest BCUT2D eigenvalue weighted by molar-refractivity contribution is 0.0999. The summed E-state index contributed by atoms with van der Waals surface area (Å²) >= 11 is 7.57. The number of hydrogen-bond donors (Lipinski definition) is 1. The summed E-state index contributed by atoms with van der Waals surface area (Å²) in [5.74, 6) is 0.571. The first-order chi connectivity index (χ1) is 16.2. The van der Waals surface area contributed by atoms with Crippen molar-refractivity contribution in [3.63, 3.8) is 0 Å². The lowest BCUT2D eigenvalue weighted by atomic mass is 10.1. The van der Waals surface area contributed by atoms with E-state index in [1.807, 2.05) is 0 Å². The summed E-state index contributed by atoms with van der Waals surface area (Å²) in [6.45, 7) is 0. The van der Waals surface area contributed by atoms with Crippen LogP contribution in [0.2, 0.25) is 5.02 Å². The highest BCUT2D eigenvalue weighted by atomic mass is 35.5. The van der Waals surface area contributed by atoms with E-state index in [2.05, 4.69) is 9.71 Å². The molecular weight excluding hydrogens is 498 g/mol. The third-order valence-electron chi connectivity index (χ3n) is 4.80. The number of nitrogens with one attached hydrogen (secondary N) is 1. The van der Waals surface area contributed by atoms with Crippen molar-refractivity contribution in [2.24, 2.45) is 0 Å². The Kier molecular flexibility index (Phi) is 6.65. The van der Waals surface area contributed by atoms with Gasteiger partial charge in [0.1, 0.15) is 0 Å². The summed E-state index contributed by atoms with van der Waals surface area (Å²) in [5.41, 5.74) is 1.81. The van der Waals surface area contributed by atoms with Crippen LogP contribution in [0.25, 0.3) is 10.2 Å². The quantitative estimate of drug-likeness (QED) is 0.356. The fourth-order valence-corrected chi connectivity index (χ4v) is 5.12. The van der Waals surface area contributed by atoms with E-state index in [1.165, 1.54) is 30.5 Å². The smallest absolute Gasteiger partial charge is 0.266 e. The molecule has 176 valence electrons. The average Bonchev–Trinajstić information content (AvgIpc) is 3.20. The molecule has 1 amide bonds. The fourth-order valence-electron chi connectivity index (χ4n) is 3.32. The number of nitrogens with zero attached hydrogens (tertiary/aromatic N) is 2. The van der Waals surface area contributed by atoms with Gasteiger partial charge in [-0.2, -0.15) is 0 Å². The molecule has 0 radical (unpaired) electrons. The first kappa shape index (κ1) is 23.8. The Bertz CT molecular complexity index is 1490. The number of carbonyl (C=O) groups excluding carboxylic acids is 1. The minimum absolute atomic E-state index is 0.303. The van der Waals surface area contributed by atoms with Crippen LogP contribution < -0.4 is 19.1 Å². The number of hydrogen-bond acceptors (Lipinski definition) is 7. The van der Waals surface area contributed by atoms with Crippen LogP contribution in [-0.2, 0) is 10.0 Å². The third-order valence-corrected chi connectivity index (χ3v) is 6.74. The van der Waals surface area contributed by atoms with Crippen molar-refractivity contribution in [2.45, 2.75) is 0 Å². The van der Waals surface area contributed by atoms with Gasteiger partial charge in [-0.05, 0) is 42.5 Å². The van der Waals surface area contributed by atoms with E-state index < -0.39 is 10.0 Å². The number of rotatable bonds is 7. The zero-order chi connectivity index (χ0) is 24.5. The Labute approximate surface area is 205 Å². The molecule has 0 atom stereocenters. The third kappa shape index (κ3) is 4.93. The lowest BCUT2D eigenvalue weighted by Crippen LogP contribution is -2.26. The van der Waals surface area contributed by atoms with E-state index >= 15 is 0 Å². The highest BCUT2D eigenvalue weighted by Gasteiger charge is 2.26. The lowest BCUT2D eigenvalue weighted by Gasteiger charge is -2.22. The molecule has 0 aliphatic rings. The van der Waals surface area contributed by atoms with Gasteiger partial charge < -0.3 is 9.47 Å². The maximum absolute atomic E-state index is 13.7. The molecule has 0 aliphatic carbocycles. The van der Waals surface area contributed by atoms with Crippen LogP contribution in [0, 0.1) is 0 Å². The van der Waals surface area contributed by atoms with Crippen LogP contribution >= 0.6 is 22.9 Å². The normalized spacial score (nSPS) is 11.3. The molecule has 0 bridgehead atoms. The van der Waals surface area contributed by atoms with Crippen molar-refractivity contribution in [1.29, 1.82) is 0 Å². The van der Waals surface area contributed by atoms with Gasteiger partial charge in [-0.3, -0.25) is 14.4 Å². The van der Waals surface area contributed by atoms with Gasteiger partial charge in [-0.25, -0.2) is 13.4 Å². The first-order valence-corrected chi connectivity index (χ1v) is 13.0. The summed E-state index contributed by atoms with van der Waals surface area (Å²) in [5, 5.41) is 0.683. The predicted octanol–water partition coefficient (Wildman–Crippen LogP) is 5.32. The van der Waals surface area contributed by atoms with E-state index in [0.29, 0.717) is 48.8 Å². The Hall–Kier alpha value is -3.34. The zero-order valence-corrected chi connectivity index (χ0v) is 20.8. The molecule has 0 saturated carbocycles. The second-order valence-corrected chi connectivity index (χ2v) is 10.4. The minimum Gasteiger partial charge on any atom is -0.493 e. The van der Waals surface area contributed by atoms with E-state index in [-0.39, 0.29) is 5.91 Å². The first-order valence-electron chi connectivity index (χ1n) is 9.89. The molecule has 4 rings (SSSR count). The maximum Gasteiger partial charge on any atom is 0.266 e. The number of anilines is 3. The van der Waals surface area contributed by atoms with E-state index in [0.717, 1.165) is 6.26 Å². The number of aromatic nitrogens is 1. The van der Waals surface area contributed by atoms with Crippen molar-refractivity contribution in [3.05, 3.63) is 71.2 Å². The molecule has 0 unspecified atom stereocenters. The van der Waals surface area contributed by atoms with Crippen LogP contribution in [0.3, 0.4) is 0 Å². The van der Waals surface area contributed by atoms with Crippen LogP contribution in [0.15, 0.2) is 60.7 Å². The molecule has 11 heteroatoms. The van der Waals surface area contributed by atoms with Crippen molar-refractivity contribution in [2.75, 3.05) is 30.1 Å². The monoisotopic (exact) mass is 517 g/mol. The Morgan fingerprint density at radius 2 is 1.76 bits per heavy atom. The zero-order valence-electron chi connectivity index (χ0n) is 18.4. The molecule has 0 aliphatic heterocycles. The van der Waals surface area contributed by atoms with Gasteiger partial charge in [0.05, 0.1) is 52.7 Å². The molecule has 8 nitrogen and oxygen atoms in total. The van der Waals surface area contributed by atoms with Crippen molar-refractivity contribution >= 4 is 65.6 Å². The summed E-state index contributed by atoms with van der Waals surface area (Å²) in [6, 6.07) is 16.8. The number of ether oxygens (including phenoxy) is 2. The average molecular weight is 518 g/mol. The van der Waals surface area contributed by atoms with Gasteiger partial charge in [0.25, 0.3) is 5.91 Å². The molecule has 3 aromatic carbocycles. The summed E-state index contributed by atoms with van der Waals surface area (Å²) < 4.78 is 37.1. The summed E-state index contributed by atoms with van der Waals surface area (Å²) in [7, 11) is -0.400. The number of benzene rings is 3. The van der Waals surface area contributed by atoms with Gasteiger partial charge in [0.2, 0.25) is 10.0 Å². The number of carbonyl (C=O) groups is 1. The highest BCUT2D eigenvalue weighted by molar-refractivity contribution is 7.92. The SMILES string of the molecule is COc1ccc(N(C(=O)c2ccccc2Cl)c2nc3ccc(NS(C)(=O)=O)cc3s2)cc1OC. The molecule has 0 saturated heterocycles. The van der Waals surface area contributed by atoms with Gasteiger partial charge in [0.15, 0.2) is 16.6 Å². The maximum atomic E-state index is 13.7. The number of sulfonamides is 1. The van der Waals surface area contributed by atoms with Gasteiger partial charge in [-0.1, -0.05) is 35.1 Å². The van der Waals surface area contributed by atoms with E-state index in [4.69, 9.17) is 21.1 Å². The molecular formula is C23H20ClN3O5S2. The highest BCUT2D eigenvalue weighted by Crippen LogP contribution is 2.39. The van der Waals surface area contributed by atoms with Gasteiger partial charge in [0, 0.05) is 6.07 Å². The van der Waals surface area contributed by atoms with Gasteiger partial charge in [-0.15, -0.1) is 0 Å². The fraction of sp³-hybridized carbons (Fsp3) is 0.130. The largest absolute Gasteiger partial charge is 0.493 e. The van der Waals surface area contributed by atoms with E-state index in [9.17, 15) is 13.2 Å². The number of amides is 1. The molecule has 0 fully saturated rings. The second-order valence-electron chi connectivity index (χ2n) is 7.21. The number of halogens is 1. The minimum atomic E-state index is -3.44. The van der Waals surface area contributed by atoms with Gasteiger partial charge >= 0.3 is 0 Å². The van der Waals surface area contributed by atoms with Crippen molar-refractivity contribution in [3.8, 4) is 11.5 Å². The standard InChI is InChI=1S/C23H20ClN3O5S2/c1-31-19-11-9-15(13-20(19)32-2)27(22(28)16-6-4-5-7-17(16)24)23-25-18-10-8-14(12-21(18)33-23)26-34(3,29)30/h4-13,26H,1-3H3. The van der Waals surface area contributed by atoms with Crippen LogP contribution in [0.1, 0.15) is 10.4 Å². The predicted molar refractivity (Wildman–Crippen MR) is 136 cm³/mol. The second kappa shape index (κ2) is 9.49. The topological polar surface area (TPSA) is 97.8 Å². The van der Waals surface area contributed by atoms with Crippen LogP contribution in [0.5, 0.6) is 11.5 Å². The number of fused-ring (bicyclic) bond motifs is 1. The Balaban J connectivity index is 1.86. The summed E-state index contributed by atoms with van der Waals surface area (Å²) in [4.78, 5) is 19.8. The molecule has 4 aromatic rings. The van der Waals surface area contributed by atoms with E-state index in [1.54, 1.807) is 60.7 Å². The number of thiazole rings is 1. The Morgan fingerprint density at radius 1 is 1.03 bits per heavy atom. The van der Waals surface area contributed by atoms with Crippen LogP contribution in [-0.4, -0.2) is 39.8 Å². The molecule has 0 spiro atoms. The molecule has 34 heavy (non-hydrogen) atoms. The molecule has 1 heterocycles. The summed E-state index contributed by atoms with van der Waals surface area (Å²) in [6.07, 6.45) is 1.08.